The number of hydrogen-bond donors (Lipinski definition) is 1. The van der Waals surface area contributed by atoms with Crippen LogP contribution in [0.25, 0.3) is 0 Å². The van der Waals surface area contributed by atoms with Crippen LogP contribution in [0.1, 0.15) is 45.7 Å². The molecule has 0 aromatic heterocycles. The van der Waals surface area contributed by atoms with Gasteiger partial charge < -0.3 is 9.80 Å². The Morgan fingerprint density at radius 2 is 1.50 bits per heavy atom. The number of likely N-dealkylation sites (N-methyl/N-ethyl adjacent to an activating group) is 1. The molecule has 6 nitrogen and oxygen atoms in total. The molecule has 1 aromatic rings. The molecule has 0 aliphatic heterocycles. The number of rotatable bonds is 7. The van der Waals surface area contributed by atoms with E-state index in [1.165, 1.54) is 12.1 Å². The van der Waals surface area contributed by atoms with Crippen molar-refractivity contribution in [3.05, 3.63) is 33.4 Å². The molecule has 0 spiro atoms. The molecule has 0 radical (unpaired) electrons. The van der Waals surface area contributed by atoms with Gasteiger partial charge in [0.05, 0.1) is 24.6 Å². The van der Waals surface area contributed by atoms with E-state index < -0.39 is 4.92 Å². The smallest absolute Gasteiger partial charge is 0.279 e. The Morgan fingerprint density at radius 3 is 1.83 bits per heavy atom. The number of benzene rings is 1. The van der Waals surface area contributed by atoms with Gasteiger partial charge in [-0.1, -0.05) is 13.8 Å². The van der Waals surface area contributed by atoms with Gasteiger partial charge in [-0.3, -0.25) is 14.9 Å². The Bertz CT molecular complexity index is 535. The fourth-order valence-corrected chi connectivity index (χ4v) is 2.73. The van der Waals surface area contributed by atoms with Gasteiger partial charge >= 0.3 is 0 Å². The quantitative estimate of drug-likeness (QED) is 0.463. The Kier molecular flexibility index (Phi) is 9.21. The number of nitro groups is 1. The van der Waals surface area contributed by atoms with Gasteiger partial charge in [-0.2, -0.15) is 0 Å². The largest absolute Gasteiger partial charge is 0.321 e. The molecular weight excluding hydrogens is 306 g/mol. The lowest BCUT2D eigenvalue weighted by molar-refractivity contribution is -0.915. The summed E-state index contributed by atoms with van der Waals surface area (Å²) in [7, 11) is 0. The number of hydrogen-bond acceptors (Lipinski definition) is 3. The summed E-state index contributed by atoms with van der Waals surface area (Å²) >= 11 is 0. The molecule has 1 rings (SSSR count). The number of anilines is 1. The minimum absolute atomic E-state index is 0.0498. The zero-order chi connectivity index (χ0) is 18.9. The van der Waals surface area contributed by atoms with E-state index in [0.717, 1.165) is 24.1 Å². The lowest BCUT2D eigenvalue weighted by atomic mass is 10.1. The van der Waals surface area contributed by atoms with Crippen molar-refractivity contribution in [1.82, 2.24) is 0 Å². The Morgan fingerprint density at radius 1 is 1.08 bits per heavy atom. The van der Waals surface area contributed by atoms with Gasteiger partial charge in [-0.05, 0) is 45.7 Å². The Labute approximate surface area is 145 Å². The standard InChI is InChI=1S/C16H25N3O3.C2H6/c1-6-19(7-2,8-3)11-15(20)17-16-12(4)9-14(18(21)22)10-13(16)5;1-2/h9-10H,6-8,11H2,1-5H3;1-2H3/p+1. The lowest BCUT2D eigenvalue weighted by Crippen LogP contribution is -2.52. The number of carbonyl (C=O) groups excluding carboxylic acids is 1. The third-order valence-corrected chi connectivity index (χ3v) is 4.48. The highest BCUT2D eigenvalue weighted by Gasteiger charge is 2.25. The molecule has 0 fully saturated rings. The SMILES string of the molecule is CC.CC[N+](CC)(CC)CC(=O)Nc1c(C)cc([N+](=O)[O-])cc1C. The van der Waals surface area contributed by atoms with Crippen LogP contribution >= 0.6 is 0 Å². The van der Waals surface area contributed by atoms with Gasteiger partial charge in [0.2, 0.25) is 0 Å². The summed E-state index contributed by atoms with van der Waals surface area (Å²) in [4.78, 5) is 22.8. The fraction of sp³-hybridized carbons (Fsp3) is 0.611. The van der Waals surface area contributed by atoms with E-state index in [1.54, 1.807) is 13.8 Å². The molecule has 1 aromatic carbocycles. The average molecular weight is 338 g/mol. The second kappa shape index (κ2) is 10.0. The minimum Gasteiger partial charge on any atom is -0.321 e. The minimum atomic E-state index is -0.418. The Hall–Kier alpha value is -1.95. The van der Waals surface area contributed by atoms with Crippen LogP contribution in [0.5, 0.6) is 0 Å². The van der Waals surface area contributed by atoms with Gasteiger partial charge in [0.15, 0.2) is 6.54 Å². The number of nitro benzene ring substituents is 1. The van der Waals surface area contributed by atoms with Gasteiger partial charge in [0, 0.05) is 17.8 Å². The van der Waals surface area contributed by atoms with E-state index >= 15 is 0 Å². The van der Waals surface area contributed by atoms with Crippen LogP contribution in [0.4, 0.5) is 11.4 Å². The molecular formula is C18H32N3O3+. The average Bonchev–Trinajstić information content (AvgIpc) is 2.57. The van der Waals surface area contributed by atoms with E-state index in [-0.39, 0.29) is 11.6 Å². The van der Waals surface area contributed by atoms with E-state index in [1.807, 2.05) is 13.8 Å². The summed E-state index contributed by atoms with van der Waals surface area (Å²) in [5, 5.41) is 13.8. The van der Waals surface area contributed by atoms with Crippen molar-refractivity contribution in [3.8, 4) is 0 Å². The molecule has 0 saturated heterocycles. The van der Waals surface area contributed by atoms with E-state index in [2.05, 4.69) is 26.1 Å². The first kappa shape index (κ1) is 22.1. The predicted molar refractivity (Wildman–Crippen MR) is 99.3 cm³/mol. The number of amides is 1. The van der Waals surface area contributed by atoms with Crippen molar-refractivity contribution >= 4 is 17.3 Å². The molecule has 0 unspecified atom stereocenters. The third kappa shape index (κ3) is 5.60. The maximum atomic E-state index is 12.4. The van der Waals surface area contributed by atoms with E-state index in [0.29, 0.717) is 23.4 Å². The first-order chi connectivity index (χ1) is 11.3. The number of nitrogens with zero attached hydrogens (tertiary/aromatic N) is 2. The summed E-state index contributed by atoms with van der Waals surface area (Å²) in [6.07, 6.45) is 0. The van der Waals surface area contributed by atoms with Crippen molar-refractivity contribution in [2.24, 2.45) is 0 Å². The highest BCUT2D eigenvalue weighted by atomic mass is 16.6. The van der Waals surface area contributed by atoms with Crippen LogP contribution in [0.3, 0.4) is 0 Å². The highest BCUT2D eigenvalue weighted by molar-refractivity contribution is 5.93. The van der Waals surface area contributed by atoms with E-state index in [4.69, 9.17) is 0 Å². The second-order valence-corrected chi connectivity index (χ2v) is 5.71. The molecule has 0 saturated carbocycles. The molecule has 6 heteroatoms. The summed E-state index contributed by atoms with van der Waals surface area (Å²) in [5.41, 5.74) is 2.15. The van der Waals surface area contributed by atoms with Crippen LogP contribution < -0.4 is 5.32 Å². The maximum absolute atomic E-state index is 12.4. The van der Waals surface area contributed by atoms with Crippen LogP contribution in [0.15, 0.2) is 12.1 Å². The summed E-state index contributed by atoms with van der Waals surface area (Å²) in [5.74, 6) is -0.0504. The van der Waals surface area contributed by atoms with Gasteiger partial charge in [-0.15, -0.1) is 0 Å². The maximum Gasteiger partial charge on any atom is 0.279 e. The number of quaternary nitrogens is 1. The van der Waals surface area contributed by atoms with Crippen molar-refractivity contribution in [2.75, 3.05) is 31.5 Å². The first-order valence-corrected chi connectivity index (χ1v) is 8.69. The molecule has 1 N–H and O–H groups in total. The van der Waals surface area contributed by atoms with Crippen LogP contribution in [0.2, 0.25) is 0 Å². The normalized spacial score (nSPS) is 10.6. The number of non-ortho nitro benzene ring substituents is 1. The number of nitrogens with one attached hydrogen (secondary N) is 1. The zero-order valence-electron chi connectivity index (χ0n) is 16.1. The first-order valence-electron chi connectivity index (χ1n) is 8.69. The van der Waals surface area contributed by atoms with Crippen LogP contribution in [0, 0.1) is 24.0 Å². The Balaban J connectivity index is 0.00000254. The van der Waals surface area contributed by atoms with Gasteiger partial charge in [0.25, 0.3) is 11.6 Å². The molecule has 136 valence electrons. The molecule has 0 bridgehead atoms. The molecule has 24 heavy (non-hydrogen) atoms. The molecule has 0 aliphatic rings. The summed E-state index contributed by atoms with van der Waals surface area (Å²) < 4.78 is 0.733. The lowest BCUT2D eigenvalue weighted by Gasteiger charge is -2.35. The fourth-order valence-electron chi connectivity index (χ4n) is 2.73. The summed E-state index contributed by atoms with van der Waals surface area (Å²) in [6, 6.07) is 2.98. The monoisotopic (exact) mass is 338 g/mol. The molecule has 1 amide bonds. The predicted octanol–water partition coefficient (Wildman–Crippen LogP) is 4.05. The van der Waals surface area contributed by atoms with E-state index in [9.17, 15) is 14.9 Å². The van der Waals surface area contributed by atoms with Crippen molar-refractivity contribution in [1.29, 1.82) is 0 Å². The van der Waals surface area contributed by atoms with Gasteiger partial charge in [0.1, 0.15) is 0 Å². The zero-order valence-corrected chi connectivity index (χ0v) is 16.1. The highest BCUT2D eigenvalue weighted by Crippen LogP contribution is 2.26. The van der Waals surface area contributed by atoms with Crippen LogP contribution in [-0.2, 0) is 4.79 Å². The topological polar surface area (TPSA) is 72.2 Å². The van der Waals surface area contributed by atoms with Crippen LogP contribution in [-0.4, -0.2) is 41.5 Å². The third-order valence-electron chi connectivity index (χ3n) is 4.48. The summed E-state index contributed by atoms with van der Waals surface area (Å²) in [6.45, 7) is 16.9. The van der Waals surface area contributed by atoms with Crippen molar-refractivity contribution < 1.29 is 14.2 Å². The number of carbonyl (C=O) groups is 1. The number of aryl methyl sites for hydroxylation is 2. The molecule has 0 aliphatic carbocycles. The van der Waals surface area contributed by atoms with Crippen molar-refractivity contribution in [2.45, 2.75) is 48.5 Å². The molecule has 0 heterocycles. The van der Waals surface area contributed by atoms with Gasteiger partial charge in [-0.25, -0.2) is 0 Å². The molecule has 0 atom stereocenters. The second-order valence-electron chi connectivity index (χ2n) is 5.71. The van der Waals surface area contributed by atoms with Crippen molar-refractivity contribution in [3.63, 3.8) is 0 Å².